The second-order valence-corrected chi connectivity index (χ2v) is 5.35. The van der Waals surface area contributed by atoms with E-state index in [1.54, 1.807) is 0 Å². The Kier molecular flexibility index (Phi) is 7.09. The van der Waals surface area contributed by atoms with Crippen LogP contribution >= 0.6 is 0 Å². The lowest BCUT2D eigenvalue weighted by Gasteiger charge is -2.31. The van der Waals surface area contributed by atoms with Gasteiger partial charge in [0.1, 0.15) is 5.75 Å². The molecule has 0 heterocycles. The molecule has 0 saturated carbocycles. The maximum absolute atomic E-state index is 10.5. The Labute approximate surface area is 99.6 Å². The maximum Gasteiger partial charge on any atom is 0.267 e. The molecule has 6 N–H and O–H groups in total. The fraction of sp³-hybridized carbons (Fsp3) is 1.00. The molecule has 0 aromatic heterocycles. The van der Waals surface area contributed by atoms with E-state index in [9.17, 15) is 13.5 Å². The van der Waals surface area contributed by atoms with Crippen LogP contribution in [-0.2, 0) is 10.1 Å². The van der Waals surface area contributed by atoms with Crippen LogP contribution in [-0.4, -0.2) is 77.2 Å². The highest BCUT2D eigenvalue weighted by Gasteiger charge is 2.28. The number of aliphatic hydroxyl groups excluding tert-OH is 4. The molecule has 0 radical (unpaired) electrons. The summed E-state index contributed by atoms with van der Waals surface area (Å²) in [6.45, 7) is -1.51. The third-order valence-corrected chi connectivity index (χ3v) is 3.12. The molecule has 8 nitrogen and oxygen atoms in total. The molecule has 0 aromatic rings. The van der Waals surface area contributed by atoms with E-state index in [0.29, 0.717) is 0 Å². The zero-order valence-electron chi connectivity index (χ0n) is 9.28. The van der Waals surface area contributed by atoms with Crippen molar-refractivity contribution >= 4 is 10.1 Å². The van der Waals surface area contributed by atoms with Gasteiger partial charge in [-0.3, -0.25) is 4.55 Å². The smallest absolute Gasteiger partial charge is 0.267 e. The summed E-state index contributed by atoms with van der Waals surface area (Å²) in [4.78, 5) is 0. The standard InChI is InChI=1S/C8H19NO7S/c10-2-1-8(5-11,6-12)9-3-7(13)4-17(14,15)16/h7,9-13H,1-6H2,(H,14,15,16). The fourth-order valence-corrected chi connectivity index (χ4v) is 1.86. The van der Waals surface area contributed by atoms with E-state index in [4.69, 9.17) is 19.9 Å². The molecule has 0 bridgehead atoms. The zero-order chi connectivity index (χ0) is 13.5. The molecule has 1 atom stereocenters. The van der Waals surface area contributed by atoms with Gasteiger partial charge in [-0.1, -0.05) is 0 Å². The number of nitrogens with one attached hydrogen (secondary N) is 1. The van der Waals surface area contributed by atoms with Crippen molar-refractivity contribution in [1.29, 1.82) is 0 Å². The first-order valence-corrected chi connectivity index (χ1v) is 6.60. The molecule has 104 valence electrons. The van der Waals surface area contributed by atoms with Gasteiger partial charge in [0.2, 0.25) is 0 Å². The third kappa shape index (κ3) is 6.88. The summed E-state index contributed by atoms with van der Waals surface area (Å²) in [5, 5.41) is 38.7. The number of rotatable bonds is 9. The van der Waals surface area contributed by atoms with Crippen molar-refractivity contribution in [3.63, 3.8) is 0 Å². The van der Waals surface area contributed by atoms with Gasteiger partial charge in [-0.2, -0.15) is 8.42 Å². The Hall–Kier alpha value is -0.290. The second kappa shape index (κ2) is 7.21. The molecular weight excluding hydrogens is 254 g/mol. The van der Waals surface area contributed by atoms with Gasteiger partial charge in [-0.05, 0) is 6.42 Å². The van der Waals surface area contributed by atoms with E-state index in [1.165, 1.54) is 0 Å². The molecule has 17 heavy (non-hydrogen) atoms. The highest BCUT2D eigenvalue weighted by molar-refractivity contribution is 7.85. The average molecular weight is 273 g/mol. The lowest BCUT2D eigenvalue weighted by Crippen LogP contribution is -2.55. The monoisotopic (exact) mass is 273 g/mol. The summed E-state index contributed by atoms with van der Waals surface area (Å²) in [6, 6.07) is 0. The molecule has 9 heteroatoms. The molecule has 0 aromatic carbocycles. The average Bonchev–Trinajstić information content (AvgIpc) is 2.22. The Morgan fingerprint density at radius 3 is 2.06 bits per heavy atom. The van der Waals surface area contributed by atoms with Crippen LogP contribution in [0.4, 0.5) is 0 Å². The van der Waals surface area contributed by atoms with Crippen LogP contribution in [0.2, 0.25) is 0 Å². The van der Waals surface area contributed by atoms with Gasteiger partial charge < -0.3 is 25.7 Å². The number of β-amino-alcohol motifs (C(OH)–C–C–N with tert-alkyl or cyclic N) is 1. The van der Waals surface area contributed by atoms with E-state index in [-0.39, 0.29) is 19.6 Å². The molecular formula is C8H19NO7S. The van der Waals surface area contributed by atoms with Crippen molar-refractivity contribution in [1.82, 2.24) is 5.32 Å². The molecule has 0 amide bonds. The predicted octanol–water partition coefficient (Wildman–Crippen LogP) is -3.07. The first kappa shape index (κ1) is 16.7. The quantitative estimate of drug-likeness (QED) is 0.242. The Morgan fingerprint density at radius 1 is 1.18 bits per heavy atom. The van der Waals surface area contributed by atoms with Gasteiger partial charge in [0.25, 0.3) is 10.1 Å². The van der Waals surface area contributed by atoms with Crippen molar-refractivity contribution in [2.75, 3.05) is 32.1 Å². The highest BCUT2D eigenvalue weighted by atomic mass is 32.2. The first-order chi connectivity index (χ1) is 7.78. The van der Waals surface area contributed by atoms with E-state index < -0.39 is 40.7 Å². The summed E-state index contributed by atoms with van der Waals surface area (Å²) in [7, 11) is -4.28. The van der Waals surface area contributed by atoms with Crippen LogP contribution < -0.4 is 5.32 Å². The molecule has 1 unspecified atom stereocenters. The minimum atomic E-state index is -4.28. The van der Waals surface area contributed by atoms with Crippen LogP contribution in [0.1, 0.15) is 6.42 Å². The van der Waals surface area contributed by atoms with Crippen molar-refractivity contribution < 1.29 is 33.4 Å². The van der Waals surface area contributed by atoms with Gasteiger partial charge in [0, 0.05) is 13.2 Å². The molecule has 0 aliphatic heterocycles. The zero-order valence-corrected chi connectivity index (χ0v) is 10.1. The lowest BCUT2D eigenvalue weighted by atomic mass is 9.97. The van der Waals surface area contributed by atoms with Crippen molar-refractivity contribution in [3.05, 3.63) is 0 Å². The molecule has 0 saturated heterocycles. The summed E-state index contributed by atoms with van der Waals surface area (Å²) in [6.07, 6.45) is -1.33. The highest BCUT2D eigenvalue weighted by Crippen LogP contribution is 2.08. The van der Waals surface area contributed by atoms with Gasteiger partial charge in [-0.15, -0.1) is 0 Å². The topological polar surface area (TPSA) is 147 Å². The largest absolute Gasteiger partial charge is 0.396 e. The Bertz CT molecular complexity index is 301. The van der Waals surface area contributed by atoms with Crippen molar-refractivity contribution in [3.8, 4) is 0 Å². The summed E-state index contributed by atoms with van der Waals surface area (Å²) >= 11 is 0. The number of aliphatic hydroxyl groups is 4. The van der Waals surface area contributed by atoms with E-state index in [2.05, 4.69) is 5.32 Å². The van der Waals surface area contributed by atoms with Gasteiger partial charge in [-0.25, -0.2) is 0 Å². The van der Waals surface area contributed by atoms with Crippen LogP contribution in [0.25, 0.3) is 0 Å². The minimum absolute atomic E-state index is 0.0403. The fourth-order valence-electron chi connectivity index (χ4n) is 1.26. The van der Waals surface area contributed by atoms with Gasteiger partial charge in [0.05, 0.1) is 24.9 Å². The van der Waals surface area contributed by atoms with Crippen molar-refractivity contribution in [2.24, 2.45) is 0 Å². The molecule has 0 aliphatic carbocycles. The van der Waals surface area contributed by atoms with E-state index in [0.717, 1.165) is 0 Å². The summed E-state index contributed by atoms with van der Waals surface area (Å²) in [5.74, 6) is -0.841. The number of hydrogen-bond acceptors (Lipinski definition) is 7. The second-order valence-electron chi connectivity index (χ2n) is 3.85. The summed E-state index contributed by atoms with van der Waals surface area (Å²) < 4.78 is 29.4. The van der Waals surface area contributed by atoms with Crippen molar-refractivity contribution in [2.45, 2.75) is 18.1 Å². The van der Waals surface area contributed by atoms with E-state index in [1.807, 2.05) is 0 Å². The van der Waals surface area contributed by atoms with Crippen LogP contribution in [0.5, 0.6) is 0 Å². The normalized spacial score (nSPS) is 14.9. The van der Waals surface area contributed by atoms with Gasteiger partial charge >= 0.3 is 0 Å². The molecule has 0 rings (SSSR count). The Balaban J connectivity index is 4.30. The van der Waals surface area contributed by atoms with Crippen LogP contribution in [0, 0.1) is 0 Å². The maximum atomic E-state index is 10.5. The SMILES string of the molecule is O=S(=O)(O)CC(O)CNC(CO)(CO)CCO. The lowest BCUT2D eigenvalue weighted by molar-refractivity contribution is 0.0576. The molecule has 0 aliphatic rings. The first-order valence-electron chi connectivity index (χ1n) is 4.99. The van der Waals surface area contributed by atoms with Crippen LogP contribution in [0.3, 0.4) is 0 Å². The summed E-state index contributed by atoms with van der Waals surface area (Å²) in [5.41, 5.74) is -1.19. The third-order valence-electron chi connectivity index (χ3n) is 2.31. The molecule has 0 spiro atoms. The van der Waals surface area contributed by atoms with Gasteiger partial charge in [0.15, 0.2) is 0 Å². The Morgan fingerprint density at radius 2 is 1.71 bits per heavy atom. The van der Waals surface area contributed by atoms with Crippen LogP contribution in [0.15, 0.2) is 0 Å². The predicted molar refractivity (Wildman–Crippen MR) is 59.0 cm³/mol. The minimum Gasteiger partial charge on any atom is -0.396 e. The number of hydrogen-bond donors (Lipinski definition) is 6. The van der Waals surface area contributed by atoms with E-state index >= 15 is 0 Å². The molecule has 0 fully saturated rings.